The van der Waals surface area contributed by atoms with Crippen molar-refractivity contribution in [2.45, 2.75) is 38.1 Å². The zero-order valence-corrected chi connectivity index (χ0v) is 12.2. The highest BCUT2D eigenvalue weighted by Gasteiger charge is 2.32. The lowest BCUT2D eigenvalue weighted by Crippen LogP contribution is -2.55. The Kier molecular flexibility index (Phi) is 5.23. The van der Waals surface area contributed by atoms with Gasteiger partial charge in [-0.25, -0.2) is 9.59 Å². The topological polar surface area (TPSA) is 72.9 Å². The predicted octanol–water partition coefficient (Wildman–Crippen LogP) is 0.977. The summed E-state index contributed by atoms with van der Waals surface area (Å²) in [6, 6.07) is -0.960. The molecule has 6 heteroatoms. The molecule has 0 bridgehead atoms. The van der Waals surface area contributed by atoms with Crippen molar-refractivity contribution in [2.75, 3.05) is 33.2 Å². The lowest BCUT2D eigenvalue weighted by atomic mass is 9.84. The number of amides is 2. The van der Waals surface area contributed by atoms with E-state index in [1.165, 1.54) is 6.42 Å². The number of hydrogen-bond donors (Lipinski definition) is 2. The molecule has 2 rings (SSSR count). The van der Waals surface area contributed by atoms with Crippen LogP contribution in [-0.2, 0) is 4.79 Å². The summed E-state index contributed by atoms with van der Waals surface area (Å²) in [6.07, 6.45) is 5.12. The summed E-state index contributed by atoms with van der Waals surface area (Å²) in [4.78, 5) is 27.5. The summed E-state index contributed by atoms with van der Waals surface area (Å²) in [5.74, 6) is -0.822. The third-order valence-corrected chi connectivity index (χ3v) is 4.46. The van der Waals surface area contributed by atoms with E-state index in [1.807, 2.05) is 7.05 Å². The van der Waals surface area contributed by atoms with E-state index in [4.69, 9.17) is 0 Å². The van der Waals surface area contributed by atoms with Gasteiger partial charge in [-0.3, -0.25) is 0 Å². The summed E-state index contributed by atoms with van der Waals surface area (Å²) in [7, 11) is 2.03. The van der Waals surface area contributed by atoms with Crippen LogP contribution < -0.4 is 5.32 Å². The Labute approximate surface area is 120 Å². The van der Waals surface area contributed by atoms with Crippen molar-refractivity contribution in [2.24, 2.45) is 5.92 Å². The number of carbonyl (C=O) groups excluding carboxylic acids is 1. The van der Waals surface area contributed by atoms with Crippen LogP contribution in [0.25, 0.3) is 0 Å². The minimum absolute atomic E-state index is 0.0812. The number of carbonyl (C=O) groups is 2. The molecule has 0 spiro atoms. The fourth-order valence-corrected chi connectivity index (χ4v) is 3.08. The van der Waals surface area contributed by atoms with Crippen LogP contribution in [0.2, 0.25) is 0 Å². The molecule has 2 amide bonds. The van der Waals surface area contributed by atoms with Gasteiger partial charge in [-0.2, -0.15) is 0 Å². The van der Waals surface area contributed by atoms with Gasteiger partial charge in [-0.15, -0.1) is 0 Å². The summed E-state index contributed by atoms with van der Waals surface area (Å²) in [5.41, 5.74) is 0. The van der Waals surface area contributed by atoms with Crippen LogP contribution in [0, 0.1) is 5.92 Å². The number of rotatable bonds is 3. The van der Waals surface area contributed by atoms with E-state index in [-0.39, 0.29) is 11.9 Å². The second kappa shape index (κ2) is 6.92. The predicted molar refractivity (Wildman–Crippen MR) is 75.6 cm³/mol. The van der Waals surface area contributed by atoms with Crippen molar-refractivity contribution >= 4 is 12.0 Å². The normalized spacial score (nSPS) is 23.4. The lowest BCUT2D eigenvalue weighted by molar-refractivity contribution is -0.141. The SMILES string of the molecule is CN1CCN(C(=O)N[C@@H](C(=O)O)C2CCCCC2)CC1. The third-order valence-electron chi connectivity index (χ3n) is 4.46. The Hall–Kier alpha value is -1.30. The summed E-state index contributed by atoms with van der Waals surface area (Å²) >= 11 is 0. The van der Waals surface area contributed by atoms with Crippen LogP contribution in [0.5, 0.6) is 0 Å². The Bertz CT molecular complexity index is 348. The van der Waals surface area contributed by atoms with Crippen LogP contribution in [-0.4, -0.2) is 66.2 Å². The van der Waals surface area contributed by atoms with Gasteiger partial charge >= 0.3 is 12.0 Å². The standard InChI is InChI=1S/C14H25N3O3/c1-16-7-9-17(10-8-16)14(20)15-12(13(18)19)11-5-3-2-4-6-11/h11-12H,2-10H2,1H3,(H,15,20)(H,18,19)/t12-/m1/s1. The van der Waals surface area contributed by atoms with Crippen molar-refractivity contribution in [3.8, 4) is 0 Å². The van der Waals surface area contributed by atoms with Gasteiger partial charge in [-0.05, 0) is 25.8 Å². The highest BCUT2D eigenvalue weighted by atomic mass is 16.4. The van der Waals surface area contributed by atoms with Gasteiger partial charge in [0.1, 0.15) is 6.04 Å². The number of hydrogen-bond acceptors (Lipinski definition) is 3. The summed E-state index contributed by atoms with van der Waals surface area (Å²) in [6.45, 7) is 3.02. The van der Waals surface area contributed by atoms with E-state index in [9.17, 15) is 14.7 Å². The molecule has 1 atom stereocenters. The first-order valence-corrected chi connectivity index (χ1v) is 7.54. The summed E-state index contributed by atoms with van der Waals surface area (Å²) in [5, 5.41) is 12.1. The molecule has 1 saturated heterocycles. The van der Waals surface area contributed by atoms with Gasteiger partial charge in [-0.1, -0.05) is 19.3 Å². The van der Waals surface area contributed by atoms with Crippen molar-refractivity contribution in [3.05, 3.63) is 0 Å². The number of piperazine rings is 1. The first-order valence-electron chi connectivity index (χ1n) is 7.54. The fraction of sp³-hybridized carbons (Fsp3) is 0.857. The molecule has 114 valence electrons. The number of urea groups is 1. The molecular formula is C14H25N3O3. The molecule has 0 unspecified atom stereocenters. The number of nitrogens with one attached hydrogen (secondary N) is 1. The molecule has 20 heavy (non-hydrogen) atoms. The second-order valence-electron chi connectivity index (χ2n) is 5.95. The van der Waals surface area contributed by atoms with Crippen LogP contribution in [0.15, 0.2) is 0 Å². The Morgan fingerprint density at radius 3 is 2.25 bits per heavy atom. The monoisotopic (exact) mass is 283 g/mol. The zero-order chi connectivity index (χ0) is 14.5. The number of carboxylic acid groups (broad SMARTS) is 1. The molecule has 1 aliphatic heterocycles. The second-order valence-corrected chi connectivity index (χ2v) is 5.95. The third kappa shape index (κ3) is 3.85. The molecule has 1 aliphatic carbocycles. The van der Waals surface area contributed by atoms with E-state index in [2.05, 4.69) is 10.2 Å². The average Bonchev–Trinajstić information content (AvgIpc) is 2.46. The first kappa shape index (κ1) is 15.1. The smallest absolute Gasteiger partial charge is 0.326 e. The van der Waals surface area contributed by atoms with E-state index >= 15 is 0 Å². The van der Waals surface area contributed by atoms with Crippen LogP contribution in [0.4, 0.5) is 4.79 Å². The van der Waals surface area contributed by atoms with Gasteiger partial charge in [0, 0.05) is 26.2 Å². The molecule has 2 aliphatic rings. The van der Waals surface area contributed by atoms with Gasteiger partial charge in [0.05, 0.1) is 0 Å². The van der Waals surface area contributed by atoms with E-state index in [1.54, 1.807) is 4.90 Å². The molecule has 0 aromatic rings. The average molecular weight is 283 g/mol. The van der Waals surface area contributed by atoms with Crippen molar-refractivity contribution in [1.82, 2.24) is 15.1 Å². The maximum absolute atomic E-state index is 12.2. The molecule has 0 aromatic heterocycles. The Balaban J connectivity index is 1.90. The highest BCUT2D eigenvalue weighted by Crippen LogP contribution is 2.26. The molecule has 6 nitrogen and oxygen atoms in total. The minimum Gasteiger partial charge on any atom is -0.480 e. The van der Waals surface area contributed by atoms with Crippen molar-refractivity contribution < 1.29 is 14.7 Å². The molecule has 1 heterocycles. The Morgan fingerprint density at radius 2 is 1.70 bits per heavy atom. The maximum atomic E-state index is 12.2. The van der Waals surface area contributed by atoms with Gasteiger partial charge in [0.15, 0.2) is 0 Å². The molecule has 0 radical (unpaired) electrons. The highest BCUT2D eigenvalue weighted by molar-refractivity contribution is 5.82. The van der Waals surface area contributed by atoms with Crippen LogP contribution in [0.3, 0.4) is 0 Å². The largest absolute Gasteiger partial charge is 0.480 e. The number of carboxylic acids is 1. The number of nitrogens with zero attached hydrogens (tertiary/aromatic N) is 2. The number of aliphatic carboxylic acids is 1. The zero-order valence-electron chi connectivity index (χ0n) is 12.2. The molecule has 2 N–H and O–H groups in total. The molecule has 1 saturated carbocycles. The van der Waals surface area contributed by atoms with Crippen LogP contribution >= 0.6 is 0 Å². The van der Waals surface area contributed by atoms with E-state index in [0.717, 1.165) is 38.8 Å². The van der Waals surface area contributed by atoms with Gasteiger partial charge in [0.2, 0.25) is 0 Å². The first-order chi connectivity index (χ1) is 9.58. The van der Waals surface area contributed by atoms with E-state index in [0.29, 0.717) is 13.1 Å². The number of likely N-dealkylation sites (N-methyl/N-ethyl adjacent to an activating group) is 1. The quantitative estimate of drug-likeness (QED) is 0.810. The molecular weight excluding hydrogens is 258 g/mol. The lowest BCUT2D eigenvalue weighted by Gasteiger charge is -2.34. The minimum atomic E-state index is -0.903. The summed E-state index contributed by atoms with van der Waals surface area (Å²) < 4.78 is 0. The maximum Gasteiger partial charge on any atom is 0.326 e. The van der Waals surface area contributed by atoms with E-state index < -0.39 is 12.0 Å². The van der Waals surface area contributed by atoms with Crippen LogP contribution in [0.1, 0.15) is 32.1 Å². The molecule has 0 aromatic carbocycles. The molecule has 2 fully saturated rings. The van der Waals surface area contributed by atoms with Gasteiger partial charge in [0.25, 0.3) is 0 Å². The van der Waals surface area contributed by atoms with Gasteiger partial charge < -0.3 is 20.2 Å². The van der Waals surface area contributed by atoms with Crippen molar-refractivity contribution in [1.29, 1.82) is 0 Å². The van der Waals surface area contributed by atoms with Crippen molar-refractivity contribution in [3.63, 3.8) is 0 Å². The Morgan fingerprint density at radius 1 is 1.10 bits per heavy atom. The fourth-order valence-electron chi connectivity index (χ4n) is 3.08.